The highest BCUT2D eigenvalue weighted by atomic mass is 79.9. The maximum atomic E-state index is 12.6. The molecule has 1 aliphatic heterocycles. The maximum absolute atomic E-state index is 12.6. The maximum Gasteiger partial charge on any atom is 0.327 e. The number of rotatable bonds is 2. The molecule has 2 atom stereocenters. The summed E-state index contributed by atoms with van der Waals surface area (Å²) in [6.07, 6.45) is 0. The van der Waals surface area contributed by atoms with E-state index in [-0.39, 0.29) is 11.3 Å². The number of amides is 1. The second-order valence-corrected chi connectivity index (χ2v) is 6.61. The largest absolute Gasteiger partial charge is 0.480 e. The Morgan fingerprint density at radius 2 is 2.16 bits per heavy atom. The van der Waals surface area contributed by atoms with E-state index in [1.807, 2.05) is 19.9 Å². The van der Waals surface area contributed by atoms with Crippen LogP contribution in [0.15, 0.2) is 22.7 Å². The number of halogens is 1. The predicted molar refractivity (Wildman–Crippen MR) is 78.4 cm³/mol. The summed E-state index contributed by atoms with van der Waals surface area (Å²) >= 11 is 4.88. The summed E-state index contributed by atoms with van der Waals surface area (Å²) in [5.74, 6) is -0.725. The average Bonchev–Trinajstić information content (AvgIpc) is 2.74. The van der Waals surface area contributed by atoms with Gasteiger partial charge in [-0.25, -0.2) is 4.79 Å². The lowest BCUT2D eigenvalue weighted by atomic mass is 10.1. The fourth-order valence-electron chi connectivity index (χ4n) is 2.12. The number of carboxylic acid groups (broad SMARTS) is 1. The van der Waals surface area contributed by atoms with Gasteiger partial charge in [-0.1, -0.05) is 22.0 Å². The molecule has 0 bridgehead atoms. The topological polar surface area (TPSA) is 57.6 Å². The Balaban J connectivity index is 2.37. The van der Waals surface area contributed by atoms with Gasteiger partial charge in [0.2, 0.25) is 0 Å². The first-order valence-corrected chi connectivity index (χ1v) is 7.70. The van der Waals surface area contributed by atoms with Gasteiger partial charge in [-0.15, -0.1) is 11.8 Å². The third-order valence-corrected chi connectivity index (χ3v) is 5.32. The quantitative estimate of drug-likeness (QED) is 0.896. The Morgan fingerprint density at radius 3 is 2.79 bits per heavy atom. The molecule has 1 aromatic rings. The van der Waals surface area contributed by atoms with Crippen molar-refractivity contribution in [3.05, 3.63) is 33.8 Å². The molecular weight excluding hydrogens is 330 g/mol. The lowest BCUT2D eigenvalue weighted by molar-refractivity contribution is -0.141. The molecule has 1 N–H and O–H groups in total. The lowest BCUT2D eigenvalue weighted by Crippen LogP contribution is -2.45. The van der Waals surface area contributed by atoms with Crippen molar-refractivity contribution in [2.24, 2.45) is 0 Å². The van der Waals surface area contributed by atoms with E-state index in [0.717, 1.165) is 10.0 Å². The number of hydrogen-bond acceptors (Lipinski definition) is 3. The van der Waals surface area contributed by atoms with Crippen LogP contribution in [0.1, 0.15) is 22.8 Å². The van der Waals surface area contributed by atoms with Crippen LogP contribution in [0.5, 0.6) is 0 Å². The molecule has 2 rings (SSSR count). The van der Waals surface area contributed by atoms with Crippen molar-refractivity contribution >= 4 is 39.6 Å². The molecule has 0 aliphatic carbocycles. The zero-order chi connectivity index (χ0) is 14.2. The predicted octanol–water partition coefficient (Wildman–Crippen LogP) is 2.75. The van der Waals surface area contributed by atoms with Gasteiger partial charge in [0.15, 0.2) is 0 Å². The van der Waals surface area contributed by atoms with Gasteiger partial charge < -0.3 is 10.0 Å². The summed E-state index contributed by atoms with van der Waals surface area (Å²) in [5.41, 5.74) is 1.38. The monoisotopic (exact) mass is 343 g/mol. The molecule has 1 heterocycles. The summed E-state index contributed by atoms with van der Waals surface area (Å²) < 4.78 is 0.852. The number of aliphatic carboxylic acids is 1. The molecule has 0 saturated carbocycles. The van der Waals surface area contributed by atoms with E-state index >= 15 is 0 Å². The first kappa shape index (κ1) is 14.4. The Morgan fingerprint density at radius 1 is 1.47 bits per heavy atom. The molecule has 4 nitrogen and oxygen atoms in total. The minimum Gasteiger partial charge on any atom is -0.480 e. The van der Waals surface area contributed by atoms with Gasteiger partial charge in [-0.05, 0) is 31.5 Å². The van der Waals surface area contributed by atoms with Gasteiger partial charge >= 0.3 is 5.97 Å². The fourth-order valence-corrected chi connectivity index (χ4v) is 3.65. The number of benzene rings is 1. The molecule has 0 radical (unpaired) electrons. The van der Waals surface area contributed by atoms with E-state index in [1.165, 1.54) is 16.7 Å². The van der Waals surface area contributed by atoms with Crippen LogP contribution in [0.2, 0.25) is 0 Å². The highest BCUT2D eigenvalue weighted by molar-refractivity contribution is 9.10. The Hall–Kier alpha value is -1.01. The van der Waals surface area contributed by atoms with Crippen LogP contribution < -0.4 is 0 Å². The highest BCUT2D eigenvalue weighted by Crippen LogP contribution is 2.31. The van der Waals surface area contributed by atoms with E-state index in [1.54, 1.807) is 12.1 Å². The molecule has 1 aliphatic rings. The van der Waals surface area contributed by atoms with Gasteiger partial charge in [0, 0.05) is 15.8 Å². The first-order valence-electron chi connectivity index (χ1n) is 5.85. The molecule has 1 fully saturated rings. The summed E-state index contributed by atoms with van der Waals surface area (Å²) in [6, 6.07) is 4.64. The molecule has 19 heavy (non-hydrogen) atoms. The minimum atomic E-state index is -0.946. The van der Waals surface area contributed by atoms with Crippen molar-refractivity contribution in [3.63, 3.8) is 0 Å². The Bertz CT molecular complexity index is 535. The third-order valence-electron chi connectivity index (χ3n) is 3.24. The zero-order valence-electron chi connectivity index (χ0n) is 10.6. The van der Waals surface area contributed by atoms with Crippen LogP contribution in [-0.4, -0.2) is 39.1 Å². The molecule has 2 unspecified atom stereocenters. The normalized spacial score (nSPS) is 22.6. The molecule has 102 valence electrons. The molecule has 0 spiro atoms. The van der Waals surface area contributed by atoms with Crippen molar-refractivity contribution in [1.29, 1.82) is 0 Å². The lowest BCUT2D eigenvalue weighted by Gasteiger charge is -2.25. The smallest absolute Gasteiger partial charge is 0.327 e. The van der Waals surface area contributed by atoms with Gasteiger partial charge in [0.05, 0.1) is 5.37 Å². The van der Waals surface area contributed by atoms with Crippen molar-refractivity contribution in [2.75, 3.05) is 5.75 Å². The Labute approximate surface area is 124 Å². The number of carbonyl (C=O) groups is 2. The average molecular weight is 344 g/mol. The molecule has 1 amide bonds. The molecular formula is C13H14BrNO3S. The van der Waals surface area contributed by atoms with Gasteiger partial charge in [0.1, 0.15) is 6.04 Å². The number of carboxylic acids is 1. The fraction of sp³-hybridized carbons (Fsp3) is 0.385. The van der Waals surface area contributed by atoms with Crippen LogP contribution >= 0.6 is 27.7 Å². The number of nitrogens with zero attached hydrogens (tertiary/aromatic N) is 1. The number of carbonyl (C=O) groups excluding carboxylic acids is 1. The Kier molecular flexibility index (Phi) is 4.20. The standard InChI is InChI=1S/C13H14BrNO3S/c1-7-9(4-3-5-10(7)14)12(16)15-8(2)19-6-11(15)13(17)18/h3-5,8,11H,6H2,1-2H3,(H,17,18). The van der Waals surface area contributed by atoms with E-state index in [0.29, 0.717) is 11.3 Å². The van der Waals surface area contributed by atoms with Gasteiger partial charge in [-0.2, -0.15) is 0 Å². The third kappa shape index (κ3) is 2.65. The summed E-state index contributed by atoms with van der Waals surface area (Å²) in [6.45, 7) is 3.71. The first-order chi connectivity index (χ1) is 8.93. The molecule has 6 heteroatoms. The second-order valence-electron chi connectivity index (χ2n) is 4.41. The van der Waals surface area contributed by atoms with E-state index in [9.17, 15) is 14.7 Å². The minimum absolute atomic E-state index is 0.119. The number of hydrogen-bond donors (Lipinski definition) is 1. The SMILES string of the molecule is Cc1c(Br)cccc1C(=O)N1C(C)SCC1C(=O)O. The van der Waals surface area contributed by atoms with E-state index in [4.69, 9.17) is 0 Å². The summed E-state index contributed by atoms with van der Waals surface area (Å²) in [5, 5.41) is 9.09. The molecule has 1 aromatic carbocycles. The van der Waals surface area contributed by atoms with Crippen molar-refractivity contribution < 1.29 is 14.7 Å². The van der Waals surface area contributed by atoms with Crippen molar-refractivity contribution in [1.82, 2.24) is 4.90 Å². The summed E-state index contributed by atoms with van der Waals surface area (Å²) in [4.78, 5) is 25.3. The van der Waals surface area contributed by atoms with Crippen molar-refractivity contribution in [3.8, 4) is 0 Å². The van der Waals surface area contributed by atoms with E-state index < -0.39 is 12.0 Å². The number of thioether (sulfide) groups is 1. The van der Waals surface area contributed by atoms with Crippen LogP contribution in [-0.2, 0) is 4.79 Å². The van der Waals surface area contributed by atoms with Gasteiger partial charge in [-0.3, -0.25) is 4.79 Å². The van der Waals surface area contributed by atoms with Crippen molar-refractivity contribution in [2.45, 2.75) is 25.3 Å². The molecule has 0 aromatic heterocycles. The highest BCUT2D eigenvalue weighted by Gasteiger charge is 2.40. The zero-order valence-corrected chi connectivity index (χ0v) is 13.0. The van der Waals surface area contributed by atoms with Crippen LogP contribution in [0, 0.1) is 6.92 Å². The molecule has 1 saturated heterocycles. The van der Waals surface area contributed by atoms with Crippen LogP contribution in [0.4, 0.5) is 0 Å². The second kappa shape index (κ2) is 5.54. The van der Waals surface area contributed by atoms with E-state index in [2.05, 4.69) is 15.9 Å². The van der Waals surface area contributed by atoms with Crippen LogP contribution in [0.3, 0.4) is 0 Å². The van der Waals surface area contributed by atoms with Gasteiger partial charge in [0.25, 0.3) is 5.91 Å². The van der Waals surface area contributed by atoms with Crippen LogP contribution in [0.25, 0.3) is 0 Å². The summed E-state index contributed by atoms with van der Waals surface area (Å²) in [7, 11) is 0.